The predicted molar refractivity (Wildman–Crippen MR) is 72.6 cm³/mol. The minimum atomic E-state index is -4.36. The zero-order valence-corrected chi connectivity index (χ0v) is 11.6. The van der Waals surface area contributed by atoms with Gasteiger partial charge in [-0.15, -0.1) is 0 Å². The summed E-state index contributed by atoms with van der Waals surface area (Å²) in [5.74, 6) is -0.228. The van der Waals surface area contributed by atoms with Crippen molar-refractivity contribution in [2.45, 2.75) is 19.0 Å². The van der Waals surface area contributed by atoms with Crippen LogP contribution in [-0.2, 0) is 22.1 Å². The molecule has 118 valence electrons. The van der Waals surface area contributed by atoms with Crippen LogP contribution in [0.1, 0.15) is 17.5 Å². The van der Waals surface area contributed by atoms with Crippen LogP contribution in [0.3, 0.4) is 0 Å². The molecule has 0 radical (unpaired) electrons. The second-order valence-electron chi connectivity index (χ2n) is 4.48. The summed E-state index contributed by atoms with van der Waals surface area (Å²) in [7, 11) is 0. The molecule has 0 saturated carbocycles. The Morgan fingerprint density at radius 2 is 1.86 bits per heavy atom. The van der Waals surface area contributed by atoms with Crippen LogP contribution < -0.4 is 11.1 Å². The zero-order chi connectivity index (χ0) is 15.7. The highest BCUT2D eigenvalue weighted by Gasteiger charge is 2.29. The van der Waals surface area contributed by atoms with Crippen molar-refractivity contribution in [3.8, 4) is 0 Å². The lowest BCUT2D eigenvalue weighted by molar-refractivity contribution is -0.137. The Bertz CT molecular complexity index is 433. The molecule has 1 rings (SSSR count). The van der Waals surface area contributed by atoms with Gasteiger partial charge in [-0.2, -0.15) is 13.2 Å². The molecule has 0 saturated heterocycles. The topological polar surface area (TPSA) is 64.3 Å². The van der Waals surface area contributed by atoms with E-state index in [4.69, 9.17) is 10.5 Å². The Balaban J connectivity index is 2.28. The molecule has 0 aromatic heterocycles. The molecule has 0 aliphatic rings. The summed E-state index contributed by atoms with van der Waals surface area (Å²) in [5, 5.41) is 2.68. The van der Waals surface area contributed by atoms with E-state index in [1.54, 1.807) is 0 Å². The molecule has 7 heteroatoms. The number of ether oxygens (including phenoxy) is 1. The molecule has 0 atom stereocenters. The van der Waals surface area contributed by atoms with Gasteiger partial charge in [0.15, 0.2) is 0 Å². The van der Waals surface area contributed by atoms with Crippen molar-refractivity contribution in [2.75, 3.05) is 26.3 Å². The smallest absolute Gasteiger partial charge is 0.380 e. The fourth-order valence-electron chi connectivity index (χ4n) is 1.65. The highest BCUT2D eigenvalue weighted by Crippen LogP contribution is 2.29. The highest BCUT2D eigenvalue weighted by molar-refractivity contribution is 5.78. The lowest BCUT2D eigenvalue weighted by atomic mass is 10.1. The fraction of sp³-hybridized carbons (Fsp3) is 0.500. The largest absolute Gasteiger partial charge is 0.416 e. The first-order valence-corrected chi connectivity index (χ1v) is 6.64. The molecule has 0 heterocycles. The van der Waals surface area contributed by atoms with E-state index in [0.717, 1.165) is 12.1 Å². The molecule has 1 aromatic rings. The first-order chi connectivity index (χ1) is 9.93. The predicted octanol–water partition coefficient (Wildman–Crippen LogP) is 1.73. The minimum absolute atomic E-state index is 0.0573. The summed E-state index contributed by atoms with van der Waals surface area (Å²) in [6.07, 6.45) is -3.63. The Morgan fingerprint density at radius 1 is 1.19 bits per heavy atom. The lowest BCUT2D eigenvalue weighted by Crippen LogP contribution is -2.27. The maximum atomic E-state index is 12.4. The number of nitrogens with one attached hydrogen (secondary N) is 1. The molecule has 0 unspecified atom stereocenters. The van der Waals surface area contributed by atoms with Gasteiger partial charge in [0.25, 0.3) is 0 Å². The van der Waals surface area contributed by atoms with Gasteiger partial charge in [0.1, 0.15) is 0 Å². The molecule has 0 aliphatic heterocycles. The molecule has 4 nitrogen and oxygen atoms in total. The molecule has 1 amide bonds. The molecule has 3 N–H and O–H groups in total. The Kier molecular flexibility index (Phi) is 7.18. The lowest BCUT2D eigenvalue weighted by Gasteiger charge is -2.08. The number of carbonyl (C=O) groups is 1. The van der Waals surface area contributed by atoms with Crippen molar-refractivity contribution in [1.29, 1.82) is 0 Å². The second kappa shape index (κ2) is 8.63. The van der Waals surface area contributed by atoms with Crippen molar-refractivity contribution in [2.24, 2.45) is 5.73 Å². The molecule has 0 aliphatic carbocycles. The third kappa shape index (κ3) is 7.10. The molecule has 0 fully saturated rings. The van der Waals surface area contributed by atoms with Crippen LogP contribution in [0.4, 0.5) is 13.2 Å². The van der Waals surface area contributed by atoms with Gasteiger partial charge in [0.05, 0.1) is 18.6 Å². The summed E-state index contributed by atoms with van der Waals surface area (Å²) in [6.45, 7) is 1.92. The summed E-state index contributed by atoms with van der Waals surface area (Å²) >= 11 is 0. The molecular formula is C14H19F3N2O2. The Morgan fingerprint density at radius 3 is 2.43 bits per heavy atom. The minimum Gasteiger partial charge on any atom is -0.380 e. The Hall–Kier alpha value is -1.60. The third-order valence-corrected chi connectivity index (χ3v) is 2.70. The average molecular weight is 304 g/mol. The maximum Gasteiger partial charge on any atom is 0.416 e. The van der Waals surface area contributed by atoms with E-state index in [1.807, 2.05) is 0 Å². The van der Waals surface area contributed by atoms with Crippen molar-refractivity contribution in [3.05, 3.63) is 35.4 Å². The van der Waals surface area contributed by atoms with Gasteiger partial charge in [-0.3, -0.25) is 4.79 Å². The van der Waals surface area contributed by atoms with Gasteiger partial charge in [-0.05, 0) is 24.1 Å². The van der Waals surface area contributed by atoms with Crippen LogP contribution >= 0.6 is 0 Å². The van der Waals surface area contributed by atoms with Gasteiger partial charge in [-0.25, -0.2) is 0 Å². The van der Waals surface area contributed by atoms with E-state index in [9.17, 15) is 18.0 Å². The highest BCUT2D eigenvalue weighted by atomic mass is 19.4. The normalized spacial score (nSPS) is 11.4. The first-order valence-electron chi connectivity index (χ1n) is 6.64. The monoisotopic (exact) mass is 304 g/mol. The Labute approximate surface area is 121 Å². The zero-order valence-electron chi connectivity index (χ0n) is 11.6. The molecule has 21 heavy (non-hydrogen) atoms. The van der Waals surface area contributed by atoms with Crippen molar-refractivity contribution in [3.63, 3.8) is 0 Å². The number of benzene rings is 1. The number of nitrogens with two attached hydrogens (primary N) is 1. The molecule has 0 spiro atoms. The van der Waals surface area contributed by atoms with Crippen LogP contribution in [-0.4, -0.2) is 32.2 Å². The van der Waals surface area contributed by atoms with Gasteiger partial charge in [0, 0.05) is 19.7 Å². The van der Waals surface area contributed by atoms with Crippen molar-refractivity contribution >= 4 is 5.91 Å². The van der Waals surface area contributed by atoms with Crippen LogP contribution in [0.15, 0.2) is 24.3 Å². The van der Waals surface area contributed by atoms with Gasteiger partial charge >= 0.3 is 6.18 Å². The first kappa shape index (κ1) is 17.5. The van der Waals surface area contributed by atoms with Crippen LogP contribution in [0.2, 0.25) is 0 Å². The van der Waals surface area contributed by atoms with E-state index in [1.165, 1.54) is 12.1 Å². The molecular weight excluding hydrogens is 285 g/mol. The van der Waals surface area contributed by atoms with Crippen molar-refractivity contribution in [1.82, 2.24) is 5.32 Å². The van der Waals surface area contributed by atoms with Gasteiger partial charge in [0.2, 0.25) is 5.91 Å². The number of rotatable bonds is 8. The number of amides is 1. The third-order valence-electron chi connectivity index (χ3n) is 2.70. The number of halogens is 3. The number of hydrogen-bond acceptors (Lipinski definition) is 3. The van der Waals surface area contributed by atoms with Crippen LogP contribution in [0, 0.1) is 0 Å². The maximum absolute atomic E-state index is 12.4. The summed E-state index contributed by atoms with van der Waals surface area (Å²) in [5.41, 5.74) is 5.07. The SMILES string of the molecule is NCCOCCCNC(=O)Cc1ccc(C(F)(F)F)cc1. The molecule has 0 bridgehead atoms. The average Bonchev–Trinajstić information content (AvgIpc) is 2.42. The van der Waals surface area contributed by atoms with E-state index in [0.29, 0.717) is 38.3 Å². The van der Waals surface area contributed by atoms with Crippen LogP contribution in [0.5, 0.6) is 0 Å². The fourth-order valence-corrected chi connectivity index (χ4v) is 1.65. The summed E-state index contributed by atoms with van der Waals surface area (Å²) in [6, 6.07) is 4.58. The second-order valence-corrected chi connectivity index (χ2v) is 4.48. The standard InChI is InChI=1S/C14H19F3N2O2/c15-14(16,17)12-4-2-11(3-5-12)10-13(20)19-7-1-8-21-9-6-18/h2-5H,1,6-10,18H2,(H,19,20). The quantitative estimate of drug-likeness (QED) is 0.719. The number of carbonyl (C=O) groups excluding carboxylic acids is 1. The van der Waals surface area contributed by atoms with Gasteiger partial charge < -0.3 is 15.8 Å². The van der Waals surface area contributed by atoms with E-state index >= 15 is 0 Å². The van der Waals surface area contributed by atoms with E-state index in [-0.39, 0.29) is 12.3 Å². The molecule has 1 aromatic carbocycles. The summed E-state index contributed by atoms with van der Waals surface area (Å²) in [4.78, 5) is 11.6. The van der Waals surface area contributed by atoms with Crippen molar-refractivity contribution < 1.29 is 22.7 Å². The van der Waals surface area contributed by atoms with Crippen LogP contribution in [0.25, 0.3) is 0 Å². The summed E-state index contributed by atoms with van der Waals surface area (Å²) < 4.78 is 42.3. The number of alkyl halides is 3. The van der Waals surface area contributed by atoms with E-state index < -0.39 is 11.7 Å². The van der Waals surface area contributed by atoms with E-state index in [2.05, 4.69) is 5.32 Å². The van der Waals surface area contributed by atoms with Gasteiger partial charge in [-0.1, -0.05) is 12.1 Å². The number of hydrogen-bond donors (Lipinski definition) is 2.